The number of guanidine groups is 3. The van der Waals surface area contributed by atoms with Crippen molar-refractivity contribution in [2.45, 2.75) is 257 Å². The summed E-state index contributed by atoms with van der Waals surface area (Å²) in [5.74, 6) is 1.84. The lowest BCUT2D eigenvalue weighted by Crippen LogP contribution is -2.46. The topological polar surface area (TPSA) is 249 Å². The highest BCUT2D eigenvalue weighted by Gasteiger charge is 2.45. The van der Waals surface area contributed by atoms with Crippen molar-refractivity contribution in [1.29, 1.82) is 0 Å². The van der Waals surface area contributed by atoms with E-state index in [9.17, 15) is 9.46 Å². The van der Waals surface area contributed by atoms with Gasteiger partial charge in [-0.3, -0.25) is 18.1 Å². The van der Waals surface area contributed by atoms with E-state index in [1.54, 1.807) is 14.0 Å². The molecule has 6 saturated heterocycles. The van der Waals surface area contributed by atoms with Gasteiger partial charge < -0.3 is 58.1 Å². The van der Waals surface area contributed by atoms with Crippen molar-refractivity contribution in [3.8, 4) is 0 Å². The molecule has 0 spiro atoms. The van der Waals surface area contributed by atoms with Crippen LogP contribution < -0.4 is 0 Å². The smallest absolute Gasteiger partial charge is 0.396 e. The van der Waals surface area contributed by atoms with Crippen LogP contribution in [0.3, 0.4) is 0 Å². The summed E-state index contributed by atoms with van der Waals surface area (Å²) in [6.07, 6.45) is 37.3. The highest BCUT2D eigenvalue weighted by Crippen LogP contribution is 2.58. The van der Waals surface area contributed by atoms with Gasteiger partial charge in [-0.1, -0.05) is 207 Å². The van der Waals surface area contributed by atoms with Gasteiger partial charge in [0.1, 0.15) is 0 Å². The van der Waals surface area contributed by atoms with Crippen molar-refractivity contribution >= 4 is 48.7 Å². The van der Waals surface area contributed by atoms with E-state index in [4.69, 9.17) is 56.2 Å². The number of likely N-dealkylation sites (N-methyl/N-ethyl adjacent to an activating group) is 3. The Kier molecular flexibility index (Phi) is 42.9. The average Bonchev–Trinajstić information content (AvgIpc) is 1.29. The first-order valence-electron chi connectivity index (χ1n) is 39.7. The molecule has 0 aromatic rings. The summed E-state index contributed by atoms with van der Waals surface area (Å²) < 4.78 is 130. The second-order valence-corrected chi connectivity index (χ2v) is 36.2. The summed E-state index contributed by atoms with van der Waals surface area (Å²) in [6.45, 7) is 14.5. The fourth-order valence-electron chi connectivity index (χ4n) is 13.9. The van der Waals surface area contributed by atoms with Gasteiger partial charge in [-0.15, -0.1) is 0 Å². The van der Waals surface area contributed by atoms with Crippen molar-refractivity contribution in [2.24, 2.45) is 14.3 Å². The Labute approximate surface area is 605 Å². The molecule has 30 heteroatoms. The van der Waals surface area contributed by atoms with Crippen LogP contribution in [-0.4, -0.2) is 269 Å². The molecular weight excluding hydrogens is 1360 g/mol. The summed E-state index contributed by atoms with van der Waals surface area (Å²) >= 11 is 0. The van der Waals surface area contributed by atoms with Crippen LogP contribution in [0.25, 0.3) is 0 Å². The van der Waals surface area contributed by atoms with Crippen LogP contribution in [-0.2, 0) is 55.1 Å². The van der Waals surface area contributed by atoms with Crippen LogP contribution in [0.1, 0.15) is 239 Å². The first kappa shape index (κ1) is 87.1. The zero-order chi connectivity index (χ0) is 71.7. The lowest BCUT2D eigenvalue weighted by molar-refractivity contribution is -0.0465. The van der Waals surface area contributed by atoms with Crippen LogP contribution >= 0.6 is 30.8 Å². The number of morpholine rings is 3. The minimum absolute atomic E-state index is 0.0155. The number of rotatable bonds is 56. The van der Waals surface area contributed by atoms with Crippen molar-refractivity contribution in [3.05, 3.63) is 0 Å². The molecule has 0 amide bonds. The van der Waals surface area contributed by atoms with E-state index in [1.165, 1.54) is 155 Å². The summed E-state index contributed by atoms with van der Waals surface area (Å²) in [7, 11) is -9.23. The van der Waals surface area contributed by atoms with E-state index in [-0.39, 0.29) is 85.6 Å². The van der Waals surface area contributed by atoms with Crippen LogP contribution in [0.2, 0.25) is 0 Å². The molecule has 6 aliphatic rings. The molecule has 4 unspecified atom stereocenters. The van der Waals surface area contributed by atoms with Crippen LogP contribution in [0, 0.1) is 0 Å². The minimum atomic E-state index is -4.46. The summed E-state index contributed by atoms with van der Waals surface area (Å²) in [5.41, 5.74) is 0. The number of aliphatic hydroxyl groups is 1. The molecule has 26 nitrogen and oxygen atoms in total. The molecule has 584 valence electrons. The van der Waals surface area contributed by atoms with Gasteiger partial charge in [0.05, 0.1) is 64.6 Å². The third kappa shape index (κ3) is 31.6. The number of ether oxygens (including phenoxy) is 3. The van der Waals surface area contributed by atoms with Crippen LogP contribution in [0.5, 0.6) is 0 Å². The number of phosphoric ester groups is 1. The van der Waals surface area contributed by atoms with Gasteiger partial charge in [0.15, 0.2) is 0 Å². The third-order valence-electron chi connectivity index (χ3n) is 20.2. The van der Waals surface area contributed by atoms with Gasteiger partial charge >= 0.3 is 30.8 Å². The fourth-order valence-corrected chi connectivity index (χ4v) is 20.2. The molecule has 0 aliphatic carbocycles. The van der Waals surface area contributed by atoms with Gasteiger partial charge in [-0.25, -0.2) is 32.3 Å². The van der Waals surface area contributed by atoms with Crippen LogP contribution in [0.15, 0.2) is 14.3 Å². The molecule has 2 N–H and O–H groups in total. The minimum Gasteiger partial charge on any atom is -0.396 e. The number of nitrogens with zero attached hydrogens (tertiary/aromatic N) is 12. The Balaban J connectivity index is 1.19. The number of unbranched alkanes of at least 4 members (excludes halogenated alkanes) is 30. The van der Waals surface area contributed by atoms with Gasteiger partial charge in [0.2, 0.25) is 17.9 Å². The van der Waals surface area contributed by atoms with Gasteiger partial charge in [0, 0.05) is 133 Å². The first-order chi connectivity index (χ1) is 48.5. The van der Waals surface area contributed by atoms with Gasteiger partial charge in [-0.05, 0) is 32.1 Å². The normalized spacial score (nSPS) is 23.8. The van der Waals surface area contributed by atoms with E-state index < -0.39 is 49.1 Å². The summed E-state index contributed by atoms with van der Waals surface area (Å²) in [6, 6.07) is 0. The third-order valence-corrected chi connectivity index (χ3v) is 27.2. The Bertz CT molecular complexity index is 2520. The average molecular weight is 1500 g/mol. The molecule has 7 atom stereocenters. The monoisotopic (exact) mass is 1500 g/mol. The second kappa shape index (κ2) is 49.2. The number of hydrogen-bond acceptors (Lipinski definition) is 13. The lowest BCUT2D eigenvalue weighted by Gasteiger charge is -2.39. The Morgan fingerprint density at radius 3 is 1.00 bits per heavy atom. The number of phosphoric acid groups is 1. The molecule has 0 aromatic heterocycles. The van der Waals surface area contributed by atoms with E-state index in [1.807, 2.05) is 30.9 Å². The predicted octanol–water partition coefficient (Wildman–Crippen LogP) is 14.4. The molecule has 100 heavy (non-hydrogen) atoms. The van der Waals surface area contributed by atoms with E-state index in [0.29, 0.717) is 56.9 Å². The maximum atomic E-state index is 16.2. The largest absolute Gasteiger partial charge is 0.472 e. The van der Waals surface area contributed by atoms with Crippen LogP contribution in [0.4, 0.5) is 0 Å². The van der Waals surface area contributed by atoms with E-state index in [2.05, 4.69) is 40.4 Å². The fraction of sp³-hybridized carbons (Fsp3) is 0.957. The maximum absolute atomic E-state index is 16.2. The van der Waals surface area contributed by atoms with E-state index in [0.717, 1.165) is 97.1 Å². The Morgan fingerprint density at radius 2 is 0.670 bits per heavy atom. The highest BCUT2D eigenvalue weighted by atomic mass is 31.2. The zero-order valence-electron chi connectivity index (χ0n) is 63.5. The van der Waals surface area contributed by atoms with Crippen molar-refractivity contribution in [2.75, 3.05) is 179 Å². The molecule has 0 bridgehead atoms. The molecular formula is C70H140N12O14P4. The highest BCUT2D eigenvalue weighted by molar-refractivity contribution is 7.56. The number of hydrogen-bond donors (Lipinski definition) is 2. The van der Waals surface area contributed by atoms with Crippen molar-refractivity contribution in [3.63, 3.8) is 0 Å². The first-order valence-corrected chi connectivity index (χ1v) is 45.8. The second-order valence-electron chi connectivity index (χ2n) is 28.7. The molecule has 6 aliphatic heterocycles. The maximum Gasteiger partial charge on any atom is 0.472 e. The molecule has 6 fully saturated rings. The molecule has 6 heterocycles. The summed E-state index contributed by atoms with van der Waals surface area (Å²) in [4.78, 5) is 23.4. The van der Waals surface area contributed by atoms with Crippen molar-refractivity contribution in [1.82, 2.24) is 43.4 Å². The standard InChI is InChI=1S/C70H140N12O14P4/c1-8-11-14-17-20-23-26-29-32-37-42-77-48-45-74(4)68(77)71-97(84,89-7)80-51-56-90-65(59-80)62-94-98(85,72-69-75(5)46-49-78(69)43-38-33-30-27-24-21-18-15-12-9-2)81-52-57-91-66(60-81)63-95-99(86,73-70-76(6)47-50-79(70)44-39-34-31-28-25-22-19-16-13-10-3)82-53-58-92-67(61-82)64-96-100(87,88)93-55-41-36-35-40-54-83/h65-67,83H,8-64H2,1-7H3,(H,87,88)/t65-,66-,67-,97?,98?,99?/m1/s1. The molecule has 6 rings (SSSR count). The number of aliphatic hydroxyl groups excluding tert-OH is 1. The zero-order valence-corrected chi connectivity index (χ0v) is 67.1. The predicted molar refractivity (Wildman–Crippen MR) is 403 cm³/mol. The van der Waals surface area contributed by atoms with E-state index >= 15 is 13.7 Å². The van der Waals surface area contributed by atoms with Crippen molar-refractivity contribution < 1.29 is 65.1 Å². The van der Waals surface area contributed by atoms with Gasteiger partial charge in [0.25, 0.3) is 0 Å². The molecule has 0 radical (unpaired) electrons. The SMILES string of the molecule is CCCCCCCCCCCCN1CCN(C)C1=NP(=O)(OC)N1CCO[C@@H](COP(=O)(N=C2N(C)CCN2CCCCCCCCCCCC)N2CCO[C@@H](COP(=O)(N=C3N(C)CCN3CCCCCCCCCCCC)N3CCO[C@@H](COP(=O)(O)OCCCCCCO)C3)C2)C1. The quantitative estimate of drug-likeness (QED) is 0.0424. The molecule has 0 saturated carbocycles. The Hall–Kier alpha value is -1.79. The Morgan fingerprint density at radius 1 is 0.380 bits per heavy atom. The molecule has 0 aromatic carbocycles. The lowest BCUT2D eigenvalue weighted by atomic mass is 10.1. The summed E-state index contributed by atoms with van der Waals surface area (Å²) in [5, 5.41) is 9.14. The van der Waals surface area contributed by atoms with Gasteiger partial charge in [-0.2, -0.15) is 14.3 Å².